The van der Waals surface area contributed by atoms with Crippen LogP contribution in [-0.4, -0.2) is 6.10 Å². The smallest absolute Gasteiger partial charge is 0.124 e. The molecule has 0 bridgehead atoms. The van der Waals surface area contributed by atoms with Gasteiger partial charge in [0.1, 0.15) is 5.75 Å². The van der Waals surface area contributed by atoms with E-state index in [9.17, 15) is 0 Å². The zero-order valence-corrected chi connectivity index (χ0v) is 12.5. The lowest BCUT2D eigenvalue weighted by Crippen LogP contribution is -2.16. The van der Waals surface area contributed by atoms with Crippen molar-refractivity contribution < 1.29 is 4.74 Å². The summed E-state index contributed by atoms with van der Waals surface area (Å²) < 4.78 is 5.85. The van der Waals surface area contributed by atoms with Gasteiger partial charge in [-0.15, -0.1) is 0 Å². The molecule has 2 N–H and O–H groups in total. The molecule has 0 radical (unpaired) electrons. The number of hydrogen-bond donors (Lipinski definition) is 1. The Hall–Kier alpha value is -1.80. The minimum atomic E-state index is -0.0493. The molecule has 0 amide bonds. The van der Waals surface area contributed by atoms with Gasteiger partial charge in [0.25, 0.3) is 0 Å². The van der Waals surface area contributed by atoms with E-state index in [1.165, 1.54) is 11.1 Å². The van der Waals surface area contributed by atoms with Crippen LogP contribution in [-0.2, 0) is 6.42 Å². The van der Waals surface area contributed by atoms with Crippen LogP contribution in [0.1, 0.15) is 36.6 Å². The number of para-hydroxylation sites is 1. The second-order valence-corrected chi connectivity index (χ2v) is 5.50. The zero-order valence-electron chi connectivity index (χ0n) is 12.5. The van der Waals surface area contributed by atoms with Crippen molar-refractivity contribution in [2.24, 2.45) is 5.73 Å². The average molecular weight is 269 g/mol. The molecule has 0 aromatic heterocycles. The molecule has 2 nitrogen and oxygen atoms in total. The van der Waals surface area contributed by atoms with E-state index in [0.717, 1.165) is 17.7 Å². The fourth-order valence-corrected chi connectivity index (χ4v) is 2.35. The van der Waals surface area contributed by atoms with Crippen LogP contribution in [0, 0.1) is 6.92 Å². The monoisotopic (exact) mass is 269 g/mol. The van der Waals surface area contributed by atoms with Gasteiger partial charge in [0.2, 0.25) is 0 Å². The van der Waals surface area contributed by atoms with Crippen LogP contribution < -0.4 is 10.5 Å². The summed E-state index contributed by atoms with van der Waals surface area (Å²) in [6, 6.07) is 16.5. The van der Waals surface area contributed by atoms with Crippen LogP contribution in [0.25, 0.3) is 0 Å². The fourth-order valence-electron chi connectivity index (χ4n) is 2.35. The molecule has 0 fully saturated rings. The molecule has 2 aromatic carbocycles. The lowest BCUT2D eigenvalue weighted by atomic mass is 9.98. The van der Waals surface area contributed by atoms with Gasteiger partial charge < -0.3 is 10.5 Å². The largest absolute Gasteiger partial charge is 0.491 e. The van der Waals surface area contributed by atoms with Gasteiger partial charge in [0.15, 0.2) is 0 Å². The summed E-state index contributed by atoms with van der Waals surface area (Å²) in [6.07, 6.45) is 0.975. The molecule has 20 heavy (non-hydrogen) atoms. The fraction of sp³-hybridized carbons (Fsp3) is 0.333. The molecule has 0 aliphatic carbocycles. The Morgan fingerprint density at radius 3 is 2.50 bits per heavy atom. The second kappa shape index (κ2) is 6.58. The normalized spacial score (nSPS) is 12.4. The summed E-state index contributed by atoms with van der Waals surface area (Å²) in [7, 11) is 0. The molecule has 2 heteroatoms. The van der Waals surface area contributed by atoms with Gasteiger partial charge >= 0.3 is 0 Å². The Kier molecular flexibility index (Phi) is 4.80. The third-order valence-electron chi connectivity index (χ3n) is 3.22. The highest BCUT2D eigenvalue weighted by Crippen LogP contribution is 2.27. The number of aryl methyl sites for hydroxylation is 1. The molecule has 1 atom stereocenters. The third kappa shape index (κ3) is 3.84. The summed E-state index contributed by atoms with van der Waals surface area (Å²) in [5.41, 5.74) is 9.97. The SMILES string of the molecule is Cc1cccc(CC(N)c2ccccc2OC(C)C)c1. The number of rotatable bonds is 5. The van der Waals surface area contributed by atoms with Crippen LogP contribution in [0.2, 0.25) is 0 Å². The minimum absolute atomic E-state index is 0.0493. The number of hydrogen-bond acceptors (Lipinski definition) is 2. The Balaban J connectivity index is 2.18. The van der Waals surface area contributed by atoms with Gasteiger partial charge in [-0.05, 0) is 38.8 Å². The lowest BCUT2D eigenvalue weighted by Gasteiger charge is -2.19. The summed E-state index contributed by atoms with van der Waals surface area (Å²) in [6.45, 7) is 6.16. The van der Waals surface area contributed by atoms with E-state index in [2.05, 4.69) is 37.3 Å². The first kappa shape index (κ1) is 14.6. The Labute approximate surface area is 121 Å². The maximum absolute atomic E-state index is 6.37. The van der Waals surface area contributed by atoms with Crippen LogP contribution in [0.4, 0.5) is 0 Å². The molecule has 2 aromatic rings. The summed E-state index contributed by atoms with van der Waals surface area (Å²) in [4.78, 5) is 0. The lowest BCUT2D eigenvalue weighted by molar-refractivity contribution is 0.238. The van der Waals surface area contributed by atoms with Gasteiger partial charge in [-0.3, -0.25) is 0 Å². The van der Waals surface area contributed by atoms with Crippen molar-refractivity contribution in [1.82, 2.24) is 0 Å². The Bertz CT molecular complexity index is 563. The van der Waals surface area contributed by atoms with Gasteiger partial charge in [0, 0.05) is 11.6 Å². The zero-order chi connectivity index (χ0) is 14.5. The summed E-state index contributed by atoms with van der Waals surface area (Å²) in [5, 5.41) is 0. The highest BCUT2D eigenvalue weighted by molar-refractivity contribution is 5.37. The van der Waals surface area contributed by atoms with E-state index in [1.807, 2.05) is 32.0 Å². The predicted octanol–water partition coefficient (Wildman–Crippen LogP) is 4.02. The van der Waals surface area contributed by atoms with E-state index in [-0.39, 0.29) is 12.1 Å². The van der Waals surface area contributed by atoms with Crippen molar-refractivity contribution in [1.29, 1.82) is 0 Å². The highest BCUT2D eigenvalue weighted by atomic mass is 16.5. The van der Waals surface area contributed by atoms with Crippen molar-refractivity contribution >= 4 is 0 Å². The third-order valence-corrected chi connectivity index (χ3v) is 3.22. The van der Waals surface area contributed by atoms with Crippen LogP contribution in [0.15, 0.2) is 48.5 Å². The minimum Gasteiger partial charge on any atom is -0.491 e. The van der Waals surface area contributed by atoms with Crippen molar-refractivity contribution in [3.05, 3.63) is 65.2 Å². The van der Waals surface area contributed by atoms with Gasteiger partial charge in [-0.1, -0.05) is 48.0 Å². The standard InChI is InChI=1S/C18H23NO/c1-13(2)20-18-10-5-4-9-16(18)17(19)12-15-8-6-7-14(3)11-15/h4-11,13,17H,12,19H2,1-3H3. The first-order chi connectivity index (χ1) is 9.56. The van der Waals surface area contributed by atoms with E-state index < -0.39 is 0 Å². The number of ether oxygens (including phenoxy) is 1. The van der Waals surface area contributed by atoms with Crippen molar-refractivity contribution in [2.45, 2.75) is 39.3 Å². The van der Waals surface area contributed by atoms with Gasteiger partial charge in [-0.25, -0.2) is 0 Å². The van der Waals surface area contributed by atoms with E-state index in [4.69, 9.17) is 10.5 Å². The van der Waals surface area contributed by atoms with E-state index in [1.54, 1.807) is 0 Å². The molecule has 106 valence electrons. The molecule has 0 spiro atoms. The molecular weight excluding hydrogens is 246 g/mol. The van der Waals surface area contributed by atoms with Crippen molar-refractivity contribution in [3.63, 3.8) is 0 Å². The van der Waals surface area contributed by atoms with E-state index in [0.29, 0.717) is 0 Å². The maximum Gasteiger partial charge on any atom is 0.124 e. The van der Waals surface area contributed by atoms with Crippen LogP contribution in [0.5, 0.6) is 5.75 Å². The molecule has 0 saturated carbocycles. The molecule has 0 heterocycles. The highest BCUT2D eigenvalue weighted by Gasteiger charge is 2.13. The van der Waals surface area contributed by atoms with Crippen LogP contribution in [0.3, 0.4) is 0 Å². The van der Waals surface area contributed by atoms with Gasteiger partial charge in [0.05, 0.1) is 6.10 Å². The number of benzene rings is 2. The predicted molar refractivity (Wildman–Crippen MR) is 84.0 cm³/mol. The maximum atomic E-state index is 6.37. The molecule has 1 unspecified atom stereocenters. The van der Waals surface area contributed by atoms with Crippen molar-refractivity contribution in [3.8, 4) is 5.75 Å². The molecule has 0 aliphatic rings. The number of nitrogens with two attached hydrogens (primary N) is 1. The average Bonchev–Trinajstić information content (AvgIpc) is 2.38. The quantitative estimate of drug-likeness (QED) is 0.889. The molecule has 0 aliphatic heterocycles. The second-order valence-electron chi connectivity index (χ2n) is 5.50. The first-order valence-corrected chi connectivity index (χ1v) is 7.13. The summed E-state index contributed by atoms with van der Waals surface area (Å²) >= 11 is 0. The molecular formula is C18H23NO. The first-order valence-electron chi connectivity index (χ1n) is 7.13. The molecule has 0 saturated heterocycles. The van der Waals surface area contributed by atoms with E-state index >= 15 is 0 Å². The summed E-state index contributed by atoms with van der Waals surface area (Å²) in [5.74, 6) is 0.891. The Morgan fingerprint density at radius 1 is 1.05 bits per heavy atom. The van der Waals surface area contributed by atoms with Crippen LogP contribution >= 0.6 is 0 Å². The Morgan fingerprint density at radius 2 is 1.80 bits per heavy atom. The van der Waals surface area contributed by atoms with Gasteiger partial charge in [-0.2, -0.15) is 0 Å². The topological polar surface area (TPSA) is 35.2 Å². The van der Waals surface area contributed by atoms with Crippen molar-refractivity contribution in [2.75, 3.05) is 0 Å². The molecule has 2 rings (SSSR count).